The van der Waals surface area contributed by atoms with Gasteiger partial charge in [-0.1, -0.05) is 32.0 Å². The molecule has 2 N–H and O–H groups in total. The molecule has 23 heavy (non-hydrogen) atoms. The molecule has 4 heteroatoms. The lowest BCUT2D eigenvalue weighted by molar-refractivity contribution is 0.0938. The number of Topliss-reactive ketones (excluding diaryl/α,β-unsaturated/α-hetero) is 1. The van der Waals surface area contributed by atoms with E-state index in [9.17, 15) is 10.1 Å². The van der Waals surface area contributed by atoms with E-state index in [4.69, 9.17) is 0 Å². The molecule has 0 aliphatic carbocycles. The zero-order valence-electron chi connectivity index (χ0n) is 13.3. The Kier molecular flexibility index (Phi) is 3.22. The summed E-state index contributed by atoms with van der Waals surface area (Å²) in [5.74, 6) is 0.152. The Bertz CT molecular complexity index is 863. The van der Waals surface area contributed by atoms with Crippen LogP contribution in [-0.4, -0.2) is 18.4 Å². The van der Waals surface area contributed by atoms with Gasteiger partial charge < -0.3 is 0 Å². The van der Waals surface area contributed by atoms with Crippen LogP contribution >= 0.6 is 0 Å². The first-order valence-electron chi connectivity index (χ1n) is 8.12. The molecular weight excluding hydrogens is 286 g/mol. The third kappa shape index (κ3) is 2.08. The fraction of sp³-hybridized carbons (Fsp3) is 0.368. The van der Waals surface area contributed by atoms with Gasteiger partial charge >= 0.3 is 0 Å². The van der Waals surface area contributed by atoms with E-state index in [1.807, 2.05) is 38.1 Å². The number of hydrogen-bond acceptors (Lipinski definition) is 4. The van der Waals surface area contributed by atoms with Crippen LogP contribution in [0, 0.1) is 17.2 Å². The van der Waals surface area contributed by atoms with Crippen LogP contribution in [0.2, 0.25) is 0 Å². The molecule has 2 heterocycles. The summed E-state index contributed by atoms with van der Waals surface area (Å²) in [6.07, 6.45) is 0.914. The van der Waals surface area contributed by atoms with Crippen LogP contribution in [-0.2, 0) is 6.42 Å². The molecule has 2 aliphatic heterocycles. The molecule has 0 aromatic heterocycles. The molecule has 2 atom stereocenters. The van der Waals surface area contributed by atoms with Gasteiger partial charge in [-0.3, -0.25) is 15.4 Å². The Balaban J connectivity index is 2.08. The zero-order valence-corrected chi connectivity index (χ0v) is 13.3. The maximum Gasteiger partial charge on any atom is 0.165 e. The van der Waals surface area contributed by atoms with Crippen LogP contribution in [0.15, 0.2) is 24.3 Å². The van der Waals surface area contributed by atoms with Gasteiger partial charge in [0, 0.05) is 29.5 Å². The van der Waals surface area contributed by atoms with Crippen molar-refractivity contribution in [2.45, 2.75) is 32.5 Å². The van der Waals surface area contributed by atoms with Crippen molar-refractivity contribution in [2.24, 2.45) is 5.92 Å². The molecule has 1 fully saturated rings. The number of nitrogens with zero attached hydrogens (tertiary/aromatic N) is 1. The van der Waals surface area contributed by atoms with Crippen molar-refractivity contribution < 1.29 is 4.79 Å². The van der Waals surface area contributed by atoms with Crippen LogP contribution in [0.5, 0.6) is 0 Å². The number of nitrogens with one attached hydrogen (secondary N) is 2. The average molecular weight is 305 g/mol. The summed E-state index contributed by atoms with van der Waals surface area (Å²) in [6.45, 7) is 4.78. The molecule has 2 aliphatic rings. The van der Waals surface area contributed by atoms with Gasteiger partial charge in [-0.2, -0.15) is 5.26 Å². The highest BCUT2D eigenvalue weighted by molar-refractivity contribution is 6.05. The van der Waals surface area contributed by atoms with Crippen molar-refractivity contribution in [1.82, 2.24) is 10.6 Å². The summed E-state index contributed by atoms with van der Waals surface area (Å²) in [5.41, 5.74) is 3.74. The van der Waals surface area contributed by atoms with E-state index in [2.05, 4.69) is 16.7 Å². The largest absolute Gasteiger partial charge is 0.297 e. The van der Waals surface area contributed by atoms with Gasteiger partial charge in [0.25, 0.3) is 0 Å². The number of benzene rings is 2. The minimum Gasteiger partial charge on any atom is -0.297 e. The number of fused-ring (bicyclic) bond motifs is 3. The van der Waals surface area contributed by atoms with Gasteiger partial charge in [-0.25, -0.2) is 0 Å². The first kappa shape index (κ1) is 14.4. The van der Waals surface area contributed by atoms with Gasteiger partial charge in [0.1, 0.15) is 0 Å². The lowest BCUT2D eigenvalue weighted by Crippen LogP contribution is -2.26. The average Bonchev–Trinajstić information content (AvgIpc) is 2.94. The fourth-order valence-electron chi connectivity index (χ4n) is 3.83. The molecule has 2 bridgehead atoms. The summed E-state index contributed by atoms with van der Waals surface area (Å²) in [5, 5.41) is 18.5. The summed E-state index contributed by atoms with van der Waals surface area (Å²) in [4.78, 5) is 12.7. The van der Waals surface area contributed by atoms with E-state index >= 15 is 0 Å². The Morgan fingerprint density at radius 2 is 2.13 bits per heavy atom. The van der Waals surface area contributed by atoms with Crippen molar-refractivity contribution in [3.05, 3.63) is 46.5 Å². The molecule has 2 aromatic rings. The minimum atomic E-state index is -0.0298. The van der Waals surface area contributed by atoms with Crippen molar-refractivity contribution in [1.29, 1.82) is 5.26 Å². The van der Waals surface area contributed by atoms with Gasteiger partial charge in [0.05, 0.1) is 17.8 Å². The molecule has 0 amide bonds. The monoisotopic (exact) mass is 305 g/mol. The highest BCUT2D eigenvalue weighted by atomic mass is 16.1. The molecule has 4 nitrogen and oxygen atoms in total. The van der Waals surface area contributed by atoms with Crippen LogP contribution in [0.25, 0.3) is 10.8 Å². The Morgan fingerprint density at radius 3 is 2.87 bits per heavy atom. The van der Waals surface area contributed by atoms with Crippen LogP contribution in [0.3, 0.4) is 0 Å². The third-order valence-corrected chi connectivity index (χ3v) is 4.96. The maximum atomic E-state index is 12.7. The smallest absolute Gasteiger partial charge is 0.165 e. The highest BCUT2D eigenvalue weighted by Gasteiger charge is 2.32. The number of carbonyl (C=O) groups is 1. The second-order valence-corrected chi connectivity index (χ2v) is 6.76. The first-order chi connectivity index (χ1) is 11.1. The maximum absolute atomic E-state index is 12.7. The van der Waals surface area contributed by atoms with Crippen LogP contribution in [0.4, 0.5) is 0 Å². The summed E-state index contributed by atoms with van der Waals surface area (Å²) in [6, 6.07) is 10.4. The quantitative estimate of drug-likeness (QED) is 0.837. The first-order valence-corrected chi connectivity index (χ1v) is 8.12. The van der Waals surface area contributed by atoms with Crippen molar-refractivity contribution in [3.8, 4) is 6.07 Å². The summed E-state index contributed by atoms with van der Waals surface area (Å²) >= 11 is 0. The number of nitriles is 1. The molecule has 4 rings (SSSR count). The third-order valence-electron chi connectivity index (χ3n) is 4.96. The van der Waals surface area contributed by atoms with E-state index in [1.165, 1.54) is 0 Å². The van der Waals surface area contributed by atoms with Crippen molar-refractivity contribution >= 4 is 16.6 Å². The number of carbonyl (C=O) groups excluding carboxylic acids is 1. The topological polar surface area (TPSA) is 64.9 Å². The predicted molar refractivity (Wildman–Crippen MR) is 89.2 cm³/mol. The van der Waals surface area contributed by atoms with E-state index in [-0.39, 0.29) is 17.9 Å². The van der Waals surface area contributed by atoms with Gasteiger partial charge in [0.15, 0.2) is 5.78 Å². The molecule has 0 spiro atoms. The second kappa shape index (κ2) is 5.16. The highest BCUT2D eigenvalue weighted by Crippen LogP contribution is 2.36. The fourth-order valence-corrected chi connectivity index (χ4v) is 3.83. The Labute approximate surface area is 135 Å². The number of ketones is 1. The lowest BCUT2D eigenvalue weighted by atomic mass is 9.86. The number of rotatable bonds is 2. The van der Waals surface area contributed by atoms with Gasteiger partial charge in [-0.15, -0.1) is 0 Å². The van der Waals surface area contributed by atoms with Crippen LogP contribution < -0.4 is 10.6 Å². The molecule has 0 radical (unpaired) electrons. The van der Waals surface area contributed by atoms with E-state index in [1.54, 1.807) is 0 Å². The predicted octanol–water partition coefficient (Wildman–Crippen LogP) is 2.67. The van der Waals surface area contributed by atoms with E-state index in [0.29, 0.717) is 11.6 Å². The van der Waals surface area contributed by atoms with Crippen molar-refractivity contribution in [2.75, 3.05) is 6.54 Å². The standard InChI is InChI=1S/C19H19N3O/c1-10(2)18(23)14-6-5-13-11(8-20)3-4-15-17(13)16(14)7-12-9-21-19(15)22-12/h3-6,10,12,19,21-22H,7,9H2,1-2H3/t12-,19?/m0/s1. The number of hydrogen-bond donors (Lipinski definition) is 2. The lowest BCUT2D eigenvalue weighted by Gasteiger charge is -2.19. The second-order valence-electron chi connectivity index (χ2n) is 6.76. The van der Waals surface area contributed by atoms with Crippen LogP contribution in [0.1, 0.15) is 47.1 Å². The van der Waals surface area contributed by atoms with Gasteiger partial charge in [0.2, 0.25) is 0 Å². The van der Waals surface area contributed by atoms with E-state index in [0.717, 1.165) is 40.4 Å². The minimum absolute atomic E-state index is 0.0298. The van der Waals surface area contributed by atoms with E-state index < -0.39 is 0 Å². The molecule has 1 saturated heterocycles. The molecule has 0 saturated carbocycles. The molecular formula is C19H19N3O. The molecule has 1 unspecified atom stereocenters. The molecule has 116 valence electrons. The Morgan fingerprint density at radius 1 is 1.30 bits per heavy atom. The summed E-state index contributed by atoms with van der Waals surface area (Å²) in [7, 11) is 0. The summed E-state index contributed by atoms with van der Waals surface area (Å²) < 4.78 is 0. The van der Waals surface area contributed by atoms with Gasteiger partial charge in [-0.05, 0) is 29.0 Å². The normalized spacial score (nSPS) is 22.2. The Hall–Kier alpha value is -2.22. The molecule has 2 aromatic carbocycles. The van der Waals surface area contributed by atoms with Crippen molar-refractivity contribution in [3.63, 3.8) is 0 Å². The zero-order chi connectivity index (χ0) is 16.1. The SMILES string of the molecule is CC(C)C(=O)c1ccc2c(C#N)ccc3c2c1C[C@H]1CNC3N1.